The Morgan fingerprint density at radius 1 is 1.31 bits per heavy atom. The third-order valence-electron chi connectivity index (χ3n) is 4.87. The number of sulfonamides is 1. The summed E-state index contributed by atoms with van der Waals surface area (Å²) >= 11 is 0. The van der Waals surface area contributed by atoms with E-state index < -0.39 is 10.0 Å². The van der Waals surface area contributed by atoms with Gasteiger partial charge in [0.05, 0.1) is 11.1 Å². The predicted octanol–water partition coefficient (Wildman–Crippen LogP) is 1.95. The van der Waals surface area contributed by atoms with Gasteiger partial charge in [0.15, 0.2) is 0 Å². The molecule has 140 valence electrons. The maximum absolute atomic E-state index is 13.0. The van der Waals surface area contributed by atoms with Crippen LogP contribution in [0.25, 0.3) is 0 Å². The lowest BCUT2D eigenvalue weighted by atomic mass is 10.0. The van der Waals surface area contributed by atoms with Crippen LogP contribution in [0.3, 0.4) is 0 Å². The van der Waals surface area contributed by atoms with Crippen LogP contribution in [0.2, 0.25) is 0 Å². The number of carbonyl (C=O) groups excluding carboxylic acids is 1. The molecular formula is C18H24N4O3S. The van der Waals surface area contributed by atoms with E-state index in [1.165, 1.54) is 10.4 Å². The Kier molecular flexibility index (Phi) is 5.15. The van der Waals surface area contributed by atoms with Gasteiger partial charge in [-0.2, -0.15) is 9.40 Å². The second kappa shape index (κ2) is 7.20. The van der Waals surface area contributed by atoms with E-state index in [-0.39, 0.29) is 10.8 Å². The van der Waals surface area contributed by atoms with Gasteiger partial charge in [-0.05, 0) is 24.6 Å². The molecule has 1 aromatic heterocycles. The fourth-order valence-corrected chi connectivity index (χ4v) is 4.76. The highest BCUT2D eigenvalue weighted by Gasteiger charge is 2.27. The molecule has 0 bridgehead atoms. The van der Waals surface area contributed by atoms with Gasteiger partial charge in [0, 0.05) is 49.4 Å². The molecule has 1 aliphatic heterocycles. The molecule has 0 atom stereocenters. The zero-order valence-corrected chi connectivity index (χ0v) is 16.1. The normalized spacial score (nSPS) is 14.5. The number of amides is 1. The molecule has 0 radical (unpaired) electrons. The highest BCUT2D eigenvalue weighted by molar-refractivity contribution is 7.89. The molecule has 3 rings (SSSR count). The van der Waals surface area contributed by atoms with Crippen molar-refractivity contribution in [3.8, 4) is 0 Å². The molecule has 26 heavy (non-hydrogen) atoms. The zero-order chi connectivity index (χ0) is 18.9. The summed E-state index contributed by atoms with van der Waals surface area (Å²) < 4.78 is 26.9. The van der Waals surface area contributed by atoms with Crippen molar-refractivity contribution >= 4 is 15.9 Å². The van der Waals surface area contributed by atoms with Crippen LogP contribution in [0.1, 0.15) is 41.0 Å². The van der Waals surface area contributed by atoms with E-state index in [4.69, 9.17) is 0 Å². The molecular weight excluding hydrogens is 352 g/mol. The predicted molar refractivity (Wildman–Crippen MR) is 98.3 cm³/mol. The topological polar surface area (TPSA) is 86.4 Å². The van der Waals surface area contributed by atoms with Gasteiger partial charge < -0.3 is 4.90 Å². The molecule has 0 spiro atoms. The fraction of sp³-hybridized carbons (Fsp3) is 0.444. The van der Waals surface area contributed by atoms with Crippen molar-refractivity contribution in [2.75, 3.05) is 19.6 Å². The first-order valence-electron chi connectivity index (χ1n) is 8.79. The Balaban J connectivity index is 1.92. The first-order valence-corrected chi connectivity index (χ1v) is 10.2. The number of H-pyrrole nitrogens is 1. The first kappa shape index (κ1) is 18.6. The number of aromatic nitrogens is 2. The summed E-state index contributed by atoms with van der Waals surface area (Å²) in [6, 6.07) is 4.79. The van der Waals surface area contributed by atoms with Crippen molar-refractivity contribution < 1.29 is 13.2 Å². The van der Waals surface area contributed by atoms with Crippen molar-refractivity contribution in [3.05, 3.63) is 46.8 Å². The van der Waals surface area contributed by atoms with E-state index in [0.717, 1.165) is 23.2 Å². The molecule has 2 heterocycles. The lowest BCUT2D eigenvalue weighted by Crippen LogP contribution is -2.36. The van der Waals surface area contributed by atoms with Gasteiger partial charge in [0.25, 0.3) is 5.91 Å². The summed E-state index contributed by atoms with van der Waals surface area (Å²) in [5.74, 6) is -0.147. The number of nitrogens with zero attached hydrogens (tertiary/aromatic N) is 3. The van der Waals surface area contributed by atoms with Crippen molar-refractivity contribution in [2.45, 2.75) is 38.6 Å². The van der Waals surface area contributed by atoms with Crippen molar-refractivity contribution in [1.29, 1.82) is 0 Å². The maximum Gasteiger partial charge on any atom is 0.254 e. The Labute approximate surface area is 154 Å². The van der Waals surface area contributed by atoms with Crippen LogP contribution in [-0.4, -0.2) is 53.4 Å². The molecule has 0 saturated heterocycles. The van der Waals surface area contributed by atoms with Crippen molar-refractivity contribution in [2.24, 2.45) is 0 Å². The molecule has 7 nitrogen and oxygen atoms in total. The SMILES string of the molecule is CCN(CC)S(=O)(=O)c1ccc(C)c(C(=O)N2CCc3[nH]ncc3C2)c1. The summed E-state index contributed by atoms with van der Waals surface area (Å²) in [5, 5.41) is 6.97. The quantitative estimate of drug-likeness (QED) is 0.864. The van der Waals surface area contributed by atoms with E-state index in [0.29, 0.717) is 31.7 Å². The van der Waals surface area contributed by atoms with Crippen LogP contribution in [0.15, 0.2) is 29.3 Å². The van der Waals surface area contributed by atoms with E-state index in [2.05, 4.69) is 10.2 Å². The van der Waals surface area contributed by atoms with Gasteiger partial charge in [-0.15, -0.1) is 0 Å². The third-order valence-corrected chi connectivity index (χ3v) is 6.92. The summed E-state index contributed by atoms with van der Waals surface area (Å²) in [4.78, 5) is 14.9. The monoisotopic (exact) mass is 376 g/mol. The van der Waals surface area contributed by atoms with Gasteiger partial charge in [-0.25, -0.2) is 8.42 Å². The summed E-state index contributed by atoms with van der Waals surface area (Å²) in [5.41, 5.74) is 3.27. The largest absolute Gasteiger partial charge is 0.334 e. The molecule has 0 fully saturated rings. The van der Waals surface area contributed by atoms with Gasteiger partial charge in [-0.1, -0.05) is 19.9 Å². The lowest BCUT2D eigenvalue weighted by Gasteiger charge is -2.27. The van der Waals surface area contributed by atoms with Gasteiger partial charge in [0.1, 0.15) is 0 Å². The Hall–Kier alpha value is -2.19. The average molecular weight is 376 g/mol. The Bertz CT molecular complexity index is 916. The lowest BCUT2D eigenvalue weighted by molar-refractivity contribution is 0.0733. The second-order valence-corrected chi connectivity index (χ2v) is 8.35. The number of carbonyl (C=O) groups is 1. The highest BCUT2D eigenvalue weighted by atomic mass is 32.2. The second-order valence-electron chi connectivity index (χ2n) is 6.42. The maximum atomic E-state index is 13.0. The molecule has 0 saturated carbocycles. The van der Waals surface area contributed by atoms with E-state index in [1.807, 2.05) is 6.92 Å². The summed E-state index contributed by atoms with van der Waals surface area (Å²) in [6.45, 7) is 7.29. The number of hydrogen-bond donors (Lipinski definition) is 1. The third kappa shape index (κ3) is 3.26. The van der Waals surface area contributed by atoms with Gasteiger partial charge in [-0.3, -0.25) is 9.89 Å². The molecule has 0 aliphatic carbocycles. The van der Waals surface area contributed by atoms with Gasteiger partial charge in [0.2, 0.25) is 10.0 Å². The number of rotatable bonds is 5. The minimum Gasteiger partial charge on any atom is -0.334 e. The molecule has 1 amide bonds. The summed E-state index contributed by atoms with van der Waals surface area (Å²) in [7, 11) is -3.60. The zero-order valence-electron chi connectivity index (χ0n) is 15.3. The Morgan fingerprint density at radius 3 is 2.73 bits per heavy atom. The summed E-state index contributed by atoms with van der Waals surface area (Å²) in [6.07, 6.45) is 2.46. The molecule has 8 heteroatoms. The van der Waals surface area contributed by atoms with Gasteiger partial charge >= 0.3 is 0 Å². The number of aromatic amines is 1. The van der Waals surface area contributed by atoms with Crippen LogP contribution >= 0.6 is 0 Å². The van der Waals surface area contributed by atoms with E-state index in [1.54, 1.807) is 37.1 Å². The number of benzene rings is 1. The smallest absolute Gasteiger partial charge is 0.254 e. The van der Waals surface area contributed by atoms with Crippen LogP contribution < -0.4 is 0 Å². The molecule has 2 aromatic rings. The number of hydrogen-bond acceptors (Lipinski definition) is 4. The van der Waals surface area contributed by atoms with Crippen LogP contribution in [0.5, 0.6) is 0 Å². The highest BCUT2D eigenvalue weighted by Crippen LogP contribution is 2.23. The molecule has 0 unspecified atom stereocenters. The fourth-order valence-electron chi connectivity index (χ4n) is 3.27. The van der Waals surface area contributed by atoms with Crippen molar-refractivity contribution in [3.63, 3.8) is 0 Å². The molecule has 1 aliphatic rings. The molecule has 1 aromatic carbocycles. The standard InChI is InChI=1S/C18H24N4O3S/c1-4-22(5-2)26(24,25)15-7-6-13(3)16(10-15)18(23)21-9-8-17-14(12-21)11-19-20-17/h6-7,10-11H,4-5,8-9,12H2,1-3H3,(H,19,20). The van der Waals surface area contributed by atoms with Crippen LogP contribution in [0.4, 0.5) is 0 Å². The number of nitrogens with one attached hydrogen (secondary N) is 1. The van der Waals surface area contributed by atoms with Crippen LogP contribution in [-0.2, 0) is 23.0 Å². The number of fused-ring (bicyclic) bond motifs is 1. The minimum absolute atomic E-state index is 0.147. The molecule has 1 N–H and O–H groups in total. The van der Waals surface area contributed by atoms with E-state index >= 15 is 0 Å². The first-order chi connectivity index (χ1) is 12.4. The van der Waals surface area contributed by atoms with Crippen molar-refractivity contribution in [1.82, 2.24) is 19.4 Å². The van der Waals surface area contributed by atoms with Crippen LogP contribution in [0, 0.1) is 6.92 Å². The average Bonchev–Trinajstić information content (AvgIpc) is 3.09. The number of aryl methyl sites for hydroxylation is 1. The van der Waals surface area contributed by atoms with E-state index in [9.17, 15) is 13.2 Å². The minimum atomic E-state index is -3.60. The Morgan fingerprint density at radius 2 is 2.04 bits per heavy atom.